The second-order valence-corrected chi connectivity index (χ2v) is 9.85. The monoisotopic (exact) mass is 493 g/mol. The number of hydrogen-bond acceptors (Lipinski definition) is 7. The lowest BCUT2D eigenvalue weighted by Crippen LogP contribution is -2.42. The van der Waals surface area contributed by atoms with E-state index in [1.54, 1.807) is 18.3 Å². The van der Waals surface area contributed by atoms with Gasteiger partial charge in [-0.2, -0.15) is 0 Å². The molecule has 0 aliphatic carbocycles. The maximum atomic E-state index is 14.9. The smallest absolute Gasteiger partial charge is 0.229 e. The van der Waals surface area contributed by atoms with Crippen LogP contribution in [-0.4, -0.2) is 48.3 Å². The number of nitrogens with one attached hydrogen (secondary N) is 1. The summed E-state index contributed by atoms with van der Waals surface area (Å²) in [4.78, 5) is 19.3. The summed E-state index contributed by atoms with van der Waals surface area (Å²) in [5.41, 5.74) is 1.45. The minimum Gasteiger partial charge on any atom is -0.390 e. The highest BCUT2D eigenvalue weighted by molar-refractivity contribution is 5.83. The zero-order valence-electron chi connectivity index (χ0n) is 20.8. The Balaban J connectivity index is 1.41. The molecule has 1 aliphatic heterocycles. The molecule has 36 heavy (non-hydrogen) atoms. The van der Waals surface area contributed by atoms with Gasteiger partial charge in [0.15, 0.2) is 11.6 Å². The van der Waals surface area contributed by atoms with Crippen LogP contribution in [-0.2, 0) is 0 Å². The Labute approximate surface area is 208 Å². The number of aryl methyl sites for hydroxylation is 1. The quantitative estimate of drug-likeness (QED) is 0.397. The van der Waals surface area contributed by atoms with Gasteiger partial charge in [-0.3, -0.25) is 0 Å². The highest BCUT2D eigenvalue weighted by Gasteiger charge is 2.27. The summed E-state index contributed by atoms with van der Waals surface area (Å²) in [6, 6.07) is 6.74. The summed E-state index contributed by atoms with van der Waals surface area (Å²) in [5.74, 6) is 0.140. The molecule has 0 unspecified atom stereocenters. The topological polar surface area (TPSA) is 92.0 Å². The van der Waals surface area contributed by atoms with E-state index in [9.17, 15) is 13.9 Å². The van der Waals surface area contributed by atoms with Gasteiger partial charge in [0.1, 0.15) is 22.9 Å². The summed E-state index contributed by atoms with van der Waals surface area (Å²) in [5, 5.41) is 13.2. The van der Waals surface area contributed by atoms with E-state index in [1.165, 1.54) is 6.07 Å². The number of imidazole rings is 1. The molecule has 1 aromatic carbocycles. The normalized spacial score (nSPS) is 15.6. The summed E-state index contributed by atoms with van der Waals surface area (Å²) in [6.45, 7) is 9.15. The SMILES string of the molecule is Cc1nc2c(F)cc(-c3nc(Nc4ccc(N5CCC(C)(O)CC5)cn4)ncc3F)cc2n1C(C)C. The number of aliphatic hydroxyl groups is 1. The number of halogens is 2. The van der Waals surface area contributed by atoms with Gasteiger partial charge in [-0.25, -0.2) is 28.7 Å². The fourth-order valence-electron chi connectivity index (χ4n) is 4.70. The van der Waals surface area contributed by atoms with Crippen LogP contribution in [0.2, 0.25) is 0 Å². The molecule has 0 spiro atoms. The van der Waals surface area contributed by atoms with E-state index in [2.05, 4.69) is 30.2 Å². The van der Waals surface area contributed by atoms with Crippen LogP contribution >= 0.6 is 0 Å². The molecule has 0 saturated carbocycles. The summed E-state index contributed by atoms with van der Waals surface area (Å²) in [6.07, 6.45) is 4.20. The number of anilines is 3. The van der Waals surface area contributed by atoms with Crippen LogP contribution in [0.3, 0.4) is 0 Å². The fourth-order valence-corrected chi connectivity index (χ4v) is 4.70. The van der Waals surface area contributed by atoms with Gasteiger partial charge >= 0.3 is 0 Å². The van der Waals surface area contributed by atoms with Gasteiger partial charge in [0.25, 0.3) is 0 Å². The minimum atomic E-state index is -0.657. The van der Waals surface area contributed by atoms with E-state index >= 15 is 0 Å². The first-order valence-electron chi connectivity index (χ1n) is 12.0. The second-order valence-electron chi connectivity index (χ2n) is 9.85. The van der Waals surface area contributed by atoms with Gasteiger partial charge < -0.3 is 19.9 Å². The van der Waals surface area contributed by atoms with Crippen molar-refractivity contribution >= 4 is 28.5 Å². The highest BCUT2D eigenvalue weighted by Crippen LogP contribution is 2.31. The van der Waals surface area contributed by atoms with E-state index in [-0.39, 0.29) is 23.2 Å². The van der Waals surface area contributed by atoms with E-state index in [0.717, 1.165) is 25.0 Å². The van der Waals surface area contributed by atoms with Crippen LogP contribution in [0.1, 0.15) is 45.5 Å². The zero-order valence-corrected chi connectivity index (χ0v) is 20.8. The first-order valence-corrected chi connectivity index (χ1v) is 12.0. The molecule has 3 aromatic heterocycles. The Morgan fingerprint density at radius 3 is 2.44 bits per heavy atom. The summed E-state index contributed by atoms with van der Waals surface area (Å²) >= 11 is 0. The maximum absolute atomic E-state index is 14.9. The Hall–Kier alpha value is -3.66. The van der Waals surface area contributed by atoms with Gasteiger partial charge in [0, 0.05) is 24.7 Å². The lowest BCUT2D eigenvalue weighted by molar-refractivity contribution is 0.0351. The second kappa shape index (κ2) is 9.09. The molecule has 4 aromatic rings. The van der Waals surface area contributed by atoms with Gasteiger partial charge in [-0.05, 0) is 64.8 Å². The summed E-state index contributed by atoms with van der Waals surface area (Å²) < 4.78 is 31.6. The number of piperidine rings is 1. The lowest BCUT2D eigenvalue weighted by Gasteiger charge is -2.36. The molecule has 1 saturated heterocycles. The average molecular weight is 494 g/mol. The van der Waals surface area contributed by atoms with Crippen LogP contribution in [0.25, 0.3) is 22.3 Å². The lowest BCUT2D eigenvalue weighted by atomic mass is 9.94. The van der Waals surface area contributed by atoms with E-state index in [0.29, 0.717) is 35.6 Å². The van der Waals surface area contributed by atoms with Crippen molar-refractivity contribution in [1.29, 1.82) is 0 Å². The fraction of sp³-hybridized carbons (Fsp3) is 0.385. The van der Waals surface area contributed by atoms with Crippen molar-refractivity contribution in [3.8, 4) is 11.3 Å². The van der Waals surface area contributed by atoms with E-state index in [1.807, 2.05) is 38.3 Å². The maximum Gasteiger partial charge on any atom is 0.229 e. The van der Waals surface area contributed by atoms with Gasteiger partial charge in [0.05, 0.1) is 29.2 Å². The van der Waals surface area contributed by atoms with Gasteiger partial charge in [-0.15, -0.1) is 0 Å². The van der Waals surface area contributed by atoms with Crippen molar-refractivity contribution in [2.45, 2.75) is 52.2 Å². The molecular formula is C26H29F2N7O. The predicted octanol–water partition coefficient (Wildman–Crippen LogP) is 5.15. The number of rotatable bonds is 5. The van der Waals surface area contributed by atoms with E-state index < -0.39 is 17.2 Å². The molecule has 10 heteroatoms. The van der Waals surface area contributed by atoms with Crippen LogP contribution in [0.15, 0.2) is 36.7 Å². The van der Waals surface area contributed by atoms with Gasteiger partial charge in [-0.1, -0.05) is 0 Å². The number of benzene rings is 1. The van der Waals surface area contributed by atoms with Crippen molar-refractivity contribution in [3.05, 3.63) is 54.1 Å². The van der Waals surface area contributed by atoms with Crippen molar-refractivity contribution in [3.63, 3.8) is 0 Å². The van der Waals surface area contributed by atoms with Gasteiger partial charge in [0.2, 0.25) is 5.95 Å². The standard InChI is InChI=1S/C26H29F2N7O/c1-15(2)35-16(3)31-24-19(27)11-17(12-21(24)35)23-20(28)14-30-25(33-23)32-22-6-5-18(13-29-22)34-9-7-26(4,36)8-10-34/h5-6,11-15,36H,7-10H2,1-4H3,(H,29,30,32,33). The molecule has 0 atom stereocenters. The van der Waals surface area contributed by atoms with Crippen molar-refractivity contribution < 1.29 is 13.9 Å². The predicted molar refractivity (Wildman–Crippen MR) is 135 cm³/mol. The highest BCUT2D eigenvalue weighted by atomic mass is 19.1. The average Bonchev–Trinajstić information content (AvgIpc) is 3.17. The molecule has 0 amide bonds. The Bertz CT molecular complexity index is 1410. The van der Waals surface area contributed by atoms with Crippen LogP contribution in [0.5, 0.6) is 0 Å². The zero-order chi connectivity index (χ0) is 25.6. The van der Waals surface area contributed by atoms with Crippen molar-refractivity contribution in [2.24, 2.45) is 0 Å². The molecule has 0 bridgehead atoms. The number of pyridine rings is 1. The summed E-state index contributed by atoms with van der Waals surface area (Å²) in [7, 11) is 0. The molecule has 4 heterocycles. The Morgan fingerprint density at radius 2 is 1.78 bits per heavy atom. The van der Waals surface area contributed by atoms with Crippen LogP contribution in [0, 0.1) is 18.6 Å². The van der Waals surface area contributed by atoms with Crippen LogP contribution in [0.4, 0.5) is 26.2 Å². The number of fused-ring (bicyclic) bond motifs is 1. The van der Waals surface area contributed by atoms with Crippen molar-refractivity contribution in [1.82, 2.24) is 24.5 Å². The molecule has 8 nitrogen and oxygen atoms in total. The minimum absolute atomic E-state index is 0.0144. The molecule has 2 N–H and O–H groups in total. The molecule has 1 fully saturated rings. The molecule has 188 valence electrons. The number of nitrogens with zero attached hydrogens (tertiary/aromatic N) is 6. The van der Waals surface area contributed by atoms with Crippen molar-refractivity contribution in [2.75, 3.05) is 23.3 Å². The third kappa shape index (κ3) is 4.60. The van der Waals surface area contributed by atoms with Crippen LogP contribution < -0.4 is 10.2 Å². The Kier molecular flexibility index (Phi) is 6.07. The third-order valence-electron chi connectivity index (χ3n) is 6.65. The molecule has 0 radical (unpaired) electrons. The molecule has 1 aliphatic rings. The Morgan fingerprint density at radius 1 is 1.03 bits per heavy atom. The van der Waals surface area contributed by atoms with E-state index in [4.69, 9.17) is 0 Å². The first-order chi connectivity index (χ1) is 17.1. The largest absolute Gasteiger partial charge is 0.390 e. The third-order valence-corrected chi connectivity index (χ3v) is 6.65. The molecule has 5 rings (SSSR count). The first kappa shape index (κ1) is 24.1. The number of hydrogen-bond donors (Lipinski definition) is 2. The number of aromatic nitrogens is 5. The molecular weight excluding hydrogens is 464 g/mol.